The molecule has 0 aliphatic carbocycles. The van der Waals surface area contributed by atoms with Gasteiger partial charge in [-0.3, -0.25) is 5.84 Å². The van der Waals surface area contributed by atoms with Gasteiger partial charge in [-0.1, -0.05) is 35.3 Å². The van der Waals surface area contributed by atoms with Crippen LogP contribution in [0.4, 0.5) is 5.69 Å². The molecule has 0 fully saturated rings. The molecule has 6 heteroatoms. The van der Waals surface area contributed by atoms with Crippen molar-refractivity contribution in [3.63, 3.8) is 0 Å². The van der Waals surface area contributed by atoms with E-state index in [0.717, 1.165) is 5.56 Å². The van der Waals surface area contributed by atoms with Crippen LogP contribution in [0.25, 0.3) is 11.1 Å². The minimum absolute atomic E-state index is 0.290. The smallest absolute Gasteiger partial charge is 0.161 e. The zero-order chi connectivity index (χ0) is 11.5. The first-order chi connectivity index (χ1) is 7.72. The summed E-state index contributed by atoms with van der Waals surface area (Å²) in [4.78, 5) is 0. The summed E-state index contributed by atoms with van der Waals surface area (Å²) in [6, 6.07) is 7.22. The molecule has 4 nitrogen and oxygen atoms in total. The Morgan fingerprint density at radius 3 is 2.44 bits per heavy atom. The van der Waals surface area contributed by atoms with Crippen LogP contribution in [-0.2, 0) is 0 Å². The quantitative estimate of drug-likeness (QED) is 0.639. The maximum absolute atomic E-state index is 5.98. The van der Waals surface area contributed by atoms with Gasteiger partial charge in [0.05, 0.1) is 11.9 Å². The molecule has 3 N–H and O–H groups in total. The summed E-state index contributed by atoms with van der Waals surface area (Å²) in [5.41, 5.74) is 4.72. The lowest BCUT2D eigenvalue weighted by molar-refractivity contribution is 1.03. The predicted molar refractivity (Wildman–Crippen MR) is 65.3 cm³/mol. The summed E-state index contributed by atoms with van der Waals surface area (Å²) in [5, 5.41) is 8.43. The molecule has 0 unspecified atom stereocenters. The number of rotatable bonds is 2. The third-order valence-electron chi connectivity index (χ3n) is 2.10. The monoisotopic (exact) mass is 254 g/mol. The first kappa shape index (κ1) is 11.1. The summed E-state index contributed by atoms with van der Waals surface area (Å²) < 4.78 is 0. The van der Waals surface area contributed by atoms with Gasteiger partial charge < -0.3 is 5.43 Å². The number of anilines is 1. The Balaban J connectivity index is 2.58. The molecular weight excluding hydrogens is 247 g/mol. The van der Waals surface area contributed by atoms with Gasteiger partial charge >= 0.3 is 0 Å². The summed E-state index contributed by atoms with van der Waals surface area (Å²) in [6.45, 7) is 0. The molecule has 0 atom stereocenters. The van der Waals surface area contributed by atoms with E-state index < -0.39 is 0 Å². The minimum Gasteiger partial charge on any atom is -0.322 e. The van der Waals surface area contributed by atoms with Crippen molar-refractivity contribution < 1.29 is 0 Å². The average molecular weight is 255 g/mol. The highest BCUT2D eigenvalue weighted by molar-refractivity contribution is 6.33. The molecule has 0 radical (unpaired) electrons. The molecule has 1 aromatic heterocycles. The van der Waals surface area contributed by atoms with Gasteiger partial charge in [0.1, 0.15) is 0 Å². The number of nitrogens with one attached hydrogen (secondary N) is 1. The Kier molecular flexibility index (Phi) is 3.24. The van der Waals surface area contributed by atoms with Crippen molar-refractivity contribution in [3.8, 4) is 11.1 Å². The molecule has 0 saturated heterocycles. The van der Waals surface area contributed by atoms with Crippen LogP contribution < -0.4 is 11.3 Å². The number of hydrogen-bond acceptors (Lipinski definition) is 4. The lowest BCUT2D eigenvalue weighted by Crippen LogP contribution is -2.09. The van der Waals surface area contributed by atoms with Crippen LogP contribution in [0.2, 0.25) is 10.2 Å². The van der Waals surface area contributed by atoms with Gasteiger partial charge in [0.25, 0.3) is 0 Å². The maximum Gasteiger partial charge on any atom is 0.161 e. The van der Waals surface area contributed by atoms with E-state index >= 15 is 0 Å². The van der Waals surface area contributed by atoms with Crippen molar-refractivity contribution in [2.75, 3.05) is 5.43 Å². The largest absolute Gasteiger partial charge is 0.322 e. The summed E-state index contributed by atoms with van der Waals surface area (Å²) in [6.07, 6.45) is 1.51. The molecule has 2 rings (SSSR count). The number of nitrogens with zero attached hydrogens (tertiary/aromatic N) is 2. The minimum atomic E-state index is 0.290. The second-order valence-electron chi connectivity index (χ2n) is 3.08. The van der Waals surface area contributed by atoms with E-state index in [-0.39, 0.29) is 5.15 Å². The molecule has 0 aliphatic rings. The molecule has 1 heterocycles. The van der Waals surface area contributed by atoms with Crippen LogP contribution in [0, 0.1) is 0 Å². The van der Waals surface area contributed by atoms with Gasteiger partial charge in [-0.05, 0) is 17.7 Å². The average Bonchev–Trinajstić information content (AvgIpc) is 2.30. The predicted octanol–water partition coefficient (Wildman–Crippen LogP) is 2.74. The molecule has 82 valence electrons. The molecule has 0 spiro atoms. The third-order valence-corrected chi connectivity index (χ3v) is 2.61. The van der Waals surface area contributed by atoms with Gasteiger partial charge in [0, 0.05) is 10.6 Å². The molecule has 0 amide bonds. The normalized spacial score (nSPS) is 10.2. The van der Waals surface area contributed by atoms with Crippen molar-refractivity contribution in [1.29, 1.82) is 0 Å². The number of nitrogen functional groups attached to an aromatic ring is 1. The second-order valence-corrected chi connectivity index (χ2v) is 3.87. The van der Waals surface area contributed by atoms with Crippen molar-refractivity contribution in [1.82, 2.24) is 10.2 Å². The van der Waals surface area contributed by atoms with E-state index in [0.29, 0.717) is 16.3 Å². The molecule has 0 saturated carbocycles. The van der Waals surface area contributed by atoms with Crippen LogP contribution in [0.15, 0.2) is 30.5 Å². The number of hydrazine groups is 1. The summed E-state index contributed by atoms with van der Waals surface area (Å²) >= 11 is 11.8. The number of halogens is 2. The first-order valence-electron chi connectivity index (χ1n) is 4.46. The highest BCUT2D eigenvalue weighted by atomic mass is 35.5. The number of nitrogens with two attached hydrogens (primary N) is 1. The van der Waals surface area contributed by atoms with Crippen LogP contribution in [0.3, 0.4) is 0 Å². The van der Waals surface area contributed by atoms with E-state index in [4.69, 9.17) is 29.0 Å². The van der Waals surface area contributed by atoms with Crippen LogP contribution in [-0.4, -0.2) is 10.2 Å². The Labute approximate surface area is 102 Å². The zero-order valence-electron chi connectivity index (χ0n) is 8.11. The van der Waals surface area contributed by atoms with E-state index in [9.17, 15) is 0 Å². The number of hydrogen-bond donors (Lipinski definition) is 2. The van der Waals surface area contributed by atoms with Gasteiger partial charge in [0.2, 0.25) is 0 Å². The number of aromatic nitrogens is 2. The van der Waals surface area contributed by atoms with Gasteiger partial charge in [-0.2, -0.15) is 5.10 Å². The highest BCUT2D eigenvalue weighted by Crippen LogP contribution is 2.32. The molecule has 1 aromatic carbocycles. The topological polar surface area (TPSA) is 63.8 Å². The Morgan fingerprint density at radius 2 is 1.81 bits per heavy atom. The lowest BCUT2D eigenvalue weighted by atomic mass is 10.1. The van der Waals surface area contributed by atoms with Crippen LogP contribution >= 0.6 is 23.2 Å². The first-order valence-corrected chi connectivity index (χ1v) is 5.21. The Bertz CT molecular complexity index is 499. The third kappa shape index (κ3) is 2.09. The zero-order valence-corrected chi connectivity index (χ0v) is 9.63. The summed E-state index contributed by atoms with van der Waals surface area (Å²) in [5.74, 6) is 5.38. The lowest BCUT2D eigenvalue weighted by Gasteiger charge is -2.09. The molecule has 0 aliphatic heterocycles. The number of benzene rings is 1. The van der Waals surface area contributed by atoms with E-state index in [1.807, 2.05) is 12.1 Å². The van der Waals surface area contributed by atoms with Gasteiger partial charge in [-0.25, -0.2) is 0 Å². The van der Waals surface area contributed by atoms with Gasteiger partial charge in [0.15, 0.2) is 5.15 Å². The maximum atomic E-state index is 5.98. The van der Waals surface area contributed by atoms with E-state index in [1.165, 1.54) is 6.20 Å². The Hall–Kier alpha value is -1.36. The van der Waals surface area contributed by atoms with Crippen LogP contribution in [0.5, 0.6) is 0 Å². The van der Waals surface area contributed by atoms with Gasteiger partial charge in [-0.15, -0.1) is 5.10 Å². The van der Waals surface area contributed by atoms with E-state index in [1.54, 1.807) is 12.1 Å². The van der Waals surface area contributed by atoms with Crippen LogP contribution in [0.1, 0.15) is 0 Å². The fourth-order valence-electron chi connectivity index (χ4n) is 1.36. The molecule has 2 aromatic rings. The van der Waals surface area contributed by atoms with Crippen molar-refractivity contribution in [2.45, 2.75) is 0 Å². The molecule has 16 heavy (non-hydrogen) atoms. The SMILES string of the molecule is NNc1cnnc(Cl)c1-c1ccc(Cl)cc1. The fraction of sp³-hybridized carbons (Fsp3) is 0. The van der Waals surface area contributed by atoms with E-state index in [2.05, 4.69) is 15.6 Å². The van der Waals surface area contributed by atoms with Crippen molar-refractivity contribution >= 4 is 28.9 Å². The highest BCUT2D eigenvalue weighted by Gasteiger charge is 2.10. The van der Waals surface area contributed by atoms with Crippen molar-refractivity contribution in [2.24, 2.45) is 5.84 Å². The van der Waals surface area contributed by atoms with Crippen molar-refractivity contribution in [3.05, 3.63) is 40.6 Å². The second kappa shape index (κ2) is 4.65. The molecular formula is C10H8Cl2N4. The Morgan fingerprint density at radius 1 is 1.12 bits per heavy atom. The molecule has 0 bridgehead atoms. The standard InChI is InChI=1S/C10H8Cl2N4/c11-7-3-1-6(2-4-7)9-8(15-13)5-14-16-10(9)12/h1-5H,13H2,(H,15,16). The summed E-state index contributed by atoms with van der Waals surface area (Å²) in [7, 11) is 0. The fourth-order valence-corrected chi connectivity index (χ4v) is 1.74.